The van der Waals surface area contributed by atoms with E-state index in [4.69, 9.17) is 0 Å². The second kappa shape index (κ2) is 7.33. The summed E-state index contributed by atoms with van der Waals surface area (Å²) >= 11 is 0. The Bertz CT molecular complexity index is 370. The monoisotopic (exact) mass is 306 g/mol. The van der Waals surface area contributed by atoms with Gasteiger partial charge in [-0.2, -0.15) is 0 Å². The summed E-state index contributed by atoms with van der Waals surface area (Å²) in [6.45, 7) is 5.59. The second-order valence-electron chi connectivity index (χ2n) is 8.40. The van der Waals surface area contributed by atoms with Crippen LogP contribution in [0.4, 0.5) is 0 Å². The molecule has 0 aromatic carbocycles. The van der Waals surface area contributed by atoms with E-state index in [0.29, 0.717) is 35.9 Å². The number of hydrogen-bond acceptors (Lipinski definition) is 2. The largest absolute Gasteiger partial charge is 0.340 e. The number of rotatable bonds is 4. The Kier molecular flexibility index (Phi) is 5.43. The van der Waals surface area contributed by atoms with E-state index in [2.05, 4.69) is 24.1 Å². The van der Waals surface area contributed by atoms with Gasteiger partial charge < -0.3 is 10.2 Å². The fraction of sp³-hybridized carbons (Fsp3) is 0.947. The van der Waals surface area contributed by atoms with Crippen LogP contribution in [0.3, 0.4) is 0 Å². The van der Waals surface area contributed by atoms with E-state index >= 15 is 0 Å². The molecule has 126 valence electrons. The molecular weight excluding hydrogens is 272 g/mol. The van der Waals surface area contributed by atoms with Crippen LogP contribution in [0.1, 0.15) is 78.1 Å². The standard InChI is InChI=1S/C19H34N2O/c1-14(2)10-18-6-4-3-5-9-21(18)19(22)13-15-11-16-7-8-17(12-15)20-16/h14-18,20H,3-13H2,1-2H3. The highest BCUT2D eigenvalue weighted by Crippen LogP contribution is 2.33. The van der Waals surface area contributed by atoms with Crippen molar-refractivity contribution in [3.8, 4) is 0 Å². The van der Waals surface area contributed by atoms with Crippen LogP contribution in [0.25, 0.3) is 0 Å². The lowest BCUT2D eigenvalue weighted by atomic mass is 9.89. The molecule has 1 N–H and O–H groups in total. The van der Waals surface area contributed by atoms with Crippen LogP contribution in [0.5, 0.6) is 0 Å². The summed E-state index contributed by atoms with van der Waals surface area (Å²) in [6.07, 6.45) is 12.1. The Morgan fingerprint density at radius 3 is 2.50 bits per heavy atom. The maximum absolute atomic E-state index is 13.0. The van der Waals surface area contributed by atoms with Crippen molar-refractivity contribution in [3.05, 3.63) is 0 Å². The molecule has 0 aromatic rings. The molecule has 22 heavy (non-hydrogen) atoms. The lowest BCUT2D eigenvalue weighted by Gasteiger charge is -2.34. The molecule has 0 saturated carbocycles. The molecule has 0 aliphatic carbocycles. The van der Waals surface area contributed by atoms with Crippen molar-refractivity contribution in [2.45, 2.75) is 96.2 Å². The molecule has 3 rings (SSSR count). The highest BCUT2D eigenvalue weighted by molar-refractivity contribution is 5.76. The van der Waals surface area contributed by atoms with Crippen molar-refractivity contribution in [1.29, 1.82) is 0 Å². The molecule has 0 spiro atoms. The Balaban J connectivity index is 1.58. The van der Waals surface area contributed by atoms with Gasteiger partial charge in [0.05, 0.1) is 0 Å². The molecule has 3 unspecified atom stereocenters. The fourth-order valence-corrected chi connectivity index (χ4v) is 5.00. The maximum atomic E-state index is 13.0. The zero-order valence-corrected chi connectivity index (χ0v) is 14.5. The van der Waals surface area contributed by atoms with Crippen molar-refractivity contribution in [1.82, 2.24) is 10.2 Å². The number of carbonyl (C=O) groups excluding carboxylic acids is 1. The Morgan fingerprint density at radius 2 is 1.82 bits per heavy atom. The normalized spacial score (nSPS) is 35.7. The minimum absolute atomic E-state index is 0.457. The van der Waals surface area contributed by atoms with Gasteiger partial charge in [-0.1, -0.05) is 26.7 Å². The molecule has 2 bridgehead atoms. The summed E-state index contributed by atoms with van der Waals surface area (Å²) in [5, 5.41) is 3.69. The Labute approximate surface area is 136 Å². The zero-order chi connectivity index (χ0) is 15.5. The molecule has 1 amide bonds. The number of carbonyl (C=O) groups is 1. The van der Waals surface area contributed by atoms with E-state index in [0.717, 1.165) is 13.0 Å². The quantitative estimate of drug-likeness (QED) is 0.858. The van der Waals surface area contributed by atoms with Crippen LogP contribution in [-0.4, -0.2) is 35.5 Å². The summed E-state index contributed by atoms with van der Waals surface area (Å²) in [5.74, 6) is 1.78. The predicted molar refractivity (Wildman–Crippen MR) is 90.7 cm³/mol. The van der Waals surface area contributed by atoms with Gasteiger partial charge in [-0.15, -0.1) is 0 Å². The number of piperidine rings is 1. The number of nitrogens with one attached hydrogen (secondary N) is 1. The van der Waals surface area contributed by atoms with Crippen LogP contribution in [0, 0.1) is 11.8 Å². The van der Waals surface area contributed by atoms with Gasteiger partial charge in [0.2, 0.25) is 5.91 Å². The molecule has 3 heterocycles. The number of likely N-dealkylation sites (tertiary alicyclic amines) is 1. The van der Waals surface area contributed by atoms with Gasteiger partial charge in [0.15, 0.2) is 0 Å². The van der Waals surface area contributed by atoms with Crippen molar-refractivity contribution in [3.63, 3.8) is 0 Å². The molecule has 3 atom stereocenters. The summed E-state index contributed by atoms with van der Waals surface area (Å²) in [7, 11) is 0. The molecule has 3 heteroatoms. The number of fused-ring (bicyclic) bond motifs is 2. The predicted octanol–water partition coefficient (Wildman–Crippen LogP) is 3.72. The zero-order valence-electron chi connectivity index (χ0n) is 14.5. The fourth-order valence-electron chi connectivity index (χ4n) is 5.00. The van der Waals surface area contributed by atoms with Crippen LogP contribution in [0.2, 0.25) is 0 Å². The van der Waals surface area contributed by atoms with Gasteiger partial charge in [0, 0.05) is 31.1 Å². The minimum Gasteiger partial charge on any atom is -0.340 e. The van der Waals surface area contributed by atoms with E-state index in [1.165, 1.54) is 57.8 Å². The smallest absolute Gasteiger partial charge is 0.223 e. The van der Waals surface area contributed by atoms with Crippen molar-refractivity contribution >= 4 is 5.91 Å². The van der Waals surface area contributed by atoms with Crippen LogP contribution >= 0.6 is 0 Å². The van der Waals surface area contributed by atoms with E-state index in [-0.39, 0.29) is 0 Å². The van der Waals surface area contributed by atoms with Crippen LogP contribution in [0.15, 0.2) is 0 Å². The molecule has 3 nitrogen and oxygen atoms in total. The first-order valence-electron chi connectivity index (χ1n) is 9.67. The van der Waals surface area contributed by atoms with Crippen molar-refractivity contribution in [2.24, 2.45) is 11.8 Å². The van der Waals surface area contributed by atoms with Gasteiger partial charge in [-0.3, -0.25) is 4.79 Å². The summed E-state index contributed by atoms with van der Waals surface area (Å²) < 4.78 is 0. The highest BCUT2D eigenvalue weighted by atomic mass is 16.2. The highest BCUT2D eigenvalue weighted by Gasteiger charge is 2.35. The topological polar surface area (TPSA) is 32.3 Å². The van der Waals surface area contributed by atoms with Crippen LogP contribution in [-0.2, 0) is 4.79 Å². The Morgan fingerprint density at radius 1 is 1.09 bits per heavy atom. The lowest BCUT2D eigenvalue weighted by Crippen LogP contribution is -2.44. The third-order valence-corrected chi connectivity index (χ3v) is 5.97. The van der Waals surface area contributed by atoms with Crippen LogP contribution < -0.4 is 5.32 Å². The molecule has 3 saturated heterocycles. The first-order valence-corrected chi connectivity index (χ1v) is 9.67. The van der Waals surface area contributed by atoms with Crippen molar-refractivity contribution in [2.75, 3.05) is 6.54 Å². The molecule has 3 aliphatic heterocycles. The van der Waals surface area contributed by atoms with E-state index in [1.54, 1.807) is 0 Å². The molecule has 0 aromatic heterocycles. The summed E-state index contributed by atoms with van der Waals surface area (Å²) in [5.41, 5.74) is 0. The first-order chi connectivity index (χ1) is 10.6. The molecule has 3 aliphatic rings. The van der Waals surface area contributed by atoms with E-state index < -0.39 is 0 Å². The SMILES string of the molecule is CC(C)CC1CCCCCN1C(=O)CC1CC2CCC(C1)N2. The van der Waals surface area contributed by atoms with Crippen molar-refractivity contribution < 1.29 is 4.79 Å². The summed E-state index contributed by atoms with van der Waals surface area (Å²) in [6, 6.07) is 1.91. The average Bonchev–Trinajstić information content (AvgIpc) is 2.67. The molecule has 3 fully saturated rings. The third-order valence-electron chi connectivity index (χ3n) is 5.97. The summed E-state index contributed by atoms with van der Waals surface area (Å²) in [4.78, 5) is 15.2. The van der Waals surface area contributed by atoms with Gasteiger partial charge in [-0.25, -0.2) is 0 Å². The second-order valence-corrected chi connectivity index (χ2v) is 8.40. The lowest BCUT2D eigenvalue weighted by molar-refractivity contribution is -0.135. The number of amides is 1. The van der Waals surface area contributed by atoms with Gasteiger partial charge >= 0.3 is 0 Å². The number of hydrogen-bond donors (Lipinski definition) is 1. The van der Waals surface area contributed by atoms with Gasteiger partial charge in [0.1, 0.15) is 0 Å². The Hall–Kier alpha value is -0.570. The third kappa shape index (κ3) is 4.04. The number of nitrogens with zero attached hydrogens (tertiary/aromatic N) is 1. The van der Waals surface area contributed by atoms with E-state index in [1.807, 2.05) is 0 Å². The molecular formula is C19H34N2O. The minimum atomic E-state index is 0.457. The first kappa shape index (κ1) is 16.3. The van der Waals surface area contributed by atoms with E-state index in [9.17, 15) is 4.79 Å². The van der Waals surface area contributed by atoms with Gasteiger partial charge in [-0.05, 0) is 56.8 Å². The maximum Gasteiger partial charge on any atom is 0.223 e. The van der Waals surface area contributed by atoms with Gasteiger partial charge in [0.25, 0.3) is 0 Å². The molecule has 0 radical (unpaired) electrons. The average molecular weight is 306 g/mol.